The van der Waals surface area contributed by atoms with E-state index in [-0.39, 0.29) is 17.4 Å². The Hall–Kier alpha value is -2.89. The molecule has 2 N–H and O–H groups in total. The Kier molecular flexibility index (Phi) is 6.31. The van der Waals surface area contributed by atoms with Crippen LogP contribution in [-0.2, 0) is 11.2 Å². The number of anilines is 1. The summed E-state index contributed by atoms with van der Waals surface area (Å²) >= 11 is 0. The van der Waals surface area contributed by atoms with Gasteiger partial charge >= 0.3 is 0 Å². The van der Waals surface area contributed by atoms with Crippen molar-refractivity contribution in [2.75, 3.05) is 18.5 Å². The van der Waals surface area contributed by atoms with Crippen LogP contribution < -0.4 is 15.4 Å². The van der Waals surface area contributed by atoms with E-state index < -0.39 is 11.7 Å². The summed E-state index contributed by atoms with van der Waals surface area (Å²) < 4.78 is 19.6. The zero-order valence-electron chi connectivity index (χ0n) is 17.0. The average Bonchev–Trinajstić information content (AvgIpc) is 2.78. The summed E-state index contributed by atoms with van der Waals surface area (Å²) in [6.07, 6.45) is 6.73. The normalized spacial score (nSPS) is 18.8. The standard InChI is InChI=1S/C24H27FN2O3/c25-21-9-5-4-8-20(21)24(29)27-19-10-11-22-17(13-19)12-18(15-30-22)23(28)26-14-16-6-2-1-3-7-16/h4-5,8-11,13,16,18H,1-3,6-7,12,14-15H2,(H,26,28)(H,27,29). The molecule has 2 amide bonds. The molecule has 0 saturated heterocycles. The minimum absolute atomic E-state index is 0.00793. The number of nitrogens with one attached hydrogen (secondary N) is 2. The first-order chi connectivity index (χ1) is 14.6. The van der Waals surface area contributed by atoms with Gasteiger partial charge < -0.3 is 15.4 Å². The van der Waals surface area contributed by atoms with Crippen LogP contribution in [0.4, 0.5) is 10.1 Å². The van der Waals surface area contributed by atoms with E-state index in [0.29, 0.717) is 24.6 Å². The molecule has 1 aliphatic carbocycles. The van der Waals surface area contributed by atoms with E-state index in [9.17, 15) is 14.0 Å². The Bertz CT molecular complexity index is 924. The van der Waals surface area contributed by atoms with Gasteiger partial charge in [0.05, 0.1) is 11.5 Å². The van der Waals surface area contributed by atoms with Crippen LogP contribution in [0.25, 0.3) is 0 Å². The molecule has 30 heavy (non-hydrogen) atoms. The maximum Gasteiger partial charge on any atom is 0.258 e. The van der Waals surface area contributed by atoms with E-state index in [4.69, 9.17) is 4.74 Å². The predicted octanol–water partition coefficient (Wildman–Crippen LogP) is 4.33. The lowest BCUT2D eigenvalue weighted by Gasteiger charge is -2.27. The molecule has 4 rings (SSSR count). The maximum atomic E-state index is 13.8. The third-order valence-corrected chi connectivity index (χ3v) is 6.00. The quantitative estimate of drug-likeness (QED) is 0.771. The highest BCUT2D eigenvalue weighted by Gasteiger charge is 2.27. The van der Waals surface area contributed by atoms with Gasteiger partial charge in [0.15, 0.2) is 0 Å². The van der Waals surface area contributed by atoms with E-state index in [1.165, 1.54) is 44.2 Å². The number of ether oxygens (including phenoxy) is 1. The minimum Gasteiger partial charge on any atom is -0.492 e. The molecule has 1 atom stereocenters. The van der Waals surface area contributed by atoms with Gasteiger partial charge in [0.25, 0.3) is 5.91 Å². The van der Waals surface area contributed by atoms with E-state index >= 15 is 0 Å². The van der Waals surface area contributed by atoms with Gasteiger partial charge in [-0.25, -0.2) is 4.39 Å². The molecule has 5 nitrogen and oxygen atoms in total. The molecule has 1 unspecified atom stereocenters. The maximum absolute atomic E-state index is 13.8. The molecule has 0 spiro atoms. The van der Waals surface area contributed by atoms with E-state index in [2.05, 4.69) is 10.6 Å². The van der Waals surface area contributed by atoms with Gasteiger partial charge in [-0.05, 0) is 61.1 Å². The highest BCUT2D eigenvalue weighted by Crippen LogP contribution is 2.30. The van der Waals surface area contributed by atoms with E-state index in [1.54, 1.807) is 30.3 Å². The number of carbonyl (C=O) groups excluding carboxylic acids is 2. The van der Waals surface area contributed by atoms with Crippen molar-refractivity contribution in [2.24, 2.45) is 11.8 Å². The highest BCUT2D eigenvalue weighted by atomic mass is 19.1. The summed E-state index contributed by atoms with van der Waals surface area (Å²) in [5.41, 5.74) is 1.41. The highest BCUT2D eigenvalue weighted by molar-refractivity contribution is 6.04. The van der Waals surface area contributed by atoms with Crippen LogP contribution in [0.5, 0.6) is 5.75 Å². The lowest BCUT2D eigenvalue weighted by molar-refractivity contribution is -0.126. The summed E-state index contributed by atoms with van der Waals surface area (Å²) in [5.74, 6) is -0.00177. The van der Waals surface area contributed by atoms with Gasteiger partial charge in [0, 0.05) is 12.2 Å². The molecular formula is C24H27FN2O3. The van der Waals surface area contributed by atoms with Gasteiger partial charge in [-0.2, -0.15) is 0 Å². The predicted molar refractivity (Wildman–Crippen MR) is 113 cm³/mol. The number of halogens is 1. The van der Waals surface area contributed by atoms with Crippen molar-refractivity contribution >= 4 is 17.5 Å². The lowest BCUT2D eigenvalue weighted by atomic mass is 9.89. The molecule has 2 aliphatic rings. The van der Waals surface area contributed by atoms with Crippen LogP contribution in [-0.4, -0.2) is 25.0 Å². The smallest absolute Gasteiger partial charge is 0.258 e. The van der Waals surface area contributed by atoms with E-state index in [1.807, 2.05) is 0 Å². The minimum atomic E-state index is -0.564. The second kappa shape index (κ2) is 9.28. The number of hydrogen-bond donors (Lipinski definition) is 2. The SMILES string of the molecule is O=C(Nc1ccc2c(c1)CC(C(=O)NCC1CCCCC1)CO2)c1ccccc1F. The fourth-order valence-electron chi connectivity index (χ4n) is 4.26. The van der Waals surface area contributed by atoms with Gasteiger partial charge in [0.1, 0.15) is 18.2 Å². The van der Waals surface area contributed by atoms with Gasteiger partial charge in [0.2, 0.25) is 5.91 Å². The first-order valence-corrected chi connectivity index (χ1v) is 10.7. The monoisotopic (exact) mass is 410 g/mol. The molecule has 0 bridgehead atoms. The Morgan fingerprint density at radius 3 is 2.67 bits per heavy atom. The molecule has 1 aliphatic heterocycles. The van der Waals surface area contributed by atoms with Crippen LogP contribution in [0.3, 0.4) is 0 Å². The molecule has 2 aromatic carbocycles. The van der Waals surface area contributed by atoms with Crippen molar-refractivity contribution in [3.63, 3.8) is 0 Å². The van der Waals surface area contributed by atoms with Gasteiger partial charge in [-0.1, -0.05) is 31.4 Å². The Morgan fingerprint density at radius 1 is 1.07 bits per heavy atom. The Morgan fingerprint density at radius 2 is 1.87 bits per heavy atom. The van der Waals surface area contributed by atoms with Crippen molar-refractivity contribution in [1.29, 1.82) is 0 Å². The summed E-state index contributed by atoms with van der Waals surface area (Å²) in [5, 5.41) is 5.82. The van der Waals surface area contributed by atoms with Crippen LogP contribution in [0.2, 0.25) is 0 Å². The third-order valence-electron chi connectivity index (χ3n) is 6.00. The molecule has 158 valence electrons. The van der Waals surface area contributed by atoms with Crippen LogP contribution in [0, 0.1) is 17.7 Å². The number of rotatable bonds is 5. The zero-order valence-corrected chi connectivity index (χ0v) is 17.0. The molecule has 2 aromatic rings. The summed E-state index contributed by atoms with van der Waals surface area (Å²) in [4.78, 5) is 25.0. The molecule has 1 fully saturated rings. The van der Waals surface area contributed by atoms with Crippen LogP contribution >= 0.6 is 0 Å². The molecular weight excluding hydrogens is 383 g/mol. The fourth-order valence-corrected chi connectivity index (χ4v) is 4.26. The summed E-state index contributed by atoms with van der Waals surface area (Å²) in [7, 11) is 0. The third kappa shape index (κ3) is 4.81. The lowest BCUT2D eigenvalue weighted by Crippen LogP contribution is -2.39. The number of carbonyl (C=O) groups is 2. The molecule has 0 radical (unpaired) electrons. The van der Waals surface area contributed by atoms with Gasteiger partial charge in [-0.15, -0.1) is 0 Å². The number of benzene rings is 2. The number of fused-ring (bicyclic) bond motifs is 1. The summed E-state index contributed by atoms with van der Waals surface area (Å²) in [6.45, 7) is 1.09. The molecule has 6 heteroatoms. The van der Waals surface area contributed by atoms with Crippen LogP contribution in [0.15, 0.2) is 42.5 Å². The second-order valence-corrected chi connectivity index (χ2v) is 8.22. The van der Waals surface area contributed by atoms with Crippen molar-refractivity contribution in [1.82, 2.24) is 5.32 Å². The summed E-state index contributed by atoms with van der Waals surface area (Å²) in [6, 6.07) is 11.2. The van der Waals surface area contributed by atoms with Crippen molar-refractivity contribution < 1.29 is 18.7 Å². The molecule has 1 saturated carbocycles. The Balaban J connectivity index is 1.37. The van der Waals surface area contributed by atoms with Crippen molar-refractivity contribution in [3.05, 3.63) is 59.4 Å². The average molecular weight is 410 g/mol. The van der Waals surface area contributed by atoms with Gasteiger partial charge in [-0.3, -0.25) is 9.59 Å². The van der Waals surface area contributed by atoms with Crippen molar-refractivity contribution in [3.8, 4) is 5.75 Å². The van der Waals surface area contributed by atoms with Crippen LogP contribution in [0.1, 0.15) is 48.0 Å². The second-order valence-electron chi connectivity index (χ2n) is 8.22. The molecule has 1 heterocycles. The largest absolute Gasteiger partial charge is 0.492 e. The Labute approximate surface area is 176 Å². The topological polar surface area (TPSA) is 67.4 Å². The van der Waals surface area contributed by atoms with Crippen molar-refractivity contribution in [2.45, 2.75) is 38.5 Å². The number of hydrogen-bond acceptors (Lipinski definition) is 3. The fraction of sp³-hybridized carbons (Fsp3) is 0.417. The molecule has 0 aromatic heterocycles. The first-order valence-electron chi connectivity index (χ1n) is 10.7. The number of amides is 2. The first kappa shape index (κ1) is 20.4. The zero-order chi connectivity index (χ0) is 20.9. The van der Waals surface area contributed by atoms with E-state index in [0.717, 1.165) is 17.9 Å².